The third kappa shape index (κ3) is 3.45. The molecule has 18 heavy (non-hydrogen) atoms. The minimum absolute atomic E-state index is 0.0103. The van der Waals surface area contributed by atoms with Gasteiger partial charge in [-0.1, -0.05) is 20.3 Å². The fraction of sp³-hybridized carbons (Fsp3) is 0.846. The van der Waals surface area contributed by atoms with Gasteiger partial charge in [-0.3, -0.25) is 9.59 Å². The van der Waals surface area contributed by atoms with E-state index in [2.05, 4.69) is 5.32 Å². The Morgan fingerprint density at radius 2 is 2.06 bits per heavy atom. The molecule has 2 amide bonds. The Bertz CT molecular complexity index is 307. The van der Waals surface area contributed by atoms with Crippen molar-refractivity contribution in [3.63, 3.8) is 0 Å². The molecule has 0 radical (unpaired) electrons. The highest BCUT2D eigenvalue weighted by Crippen LogP contribution is 2.16. The Labute approximate surface area is 109 Å². The third-order valence-electron chi connectivity index (χ3n) is 3.49. The summed E-state index contributed by atoms with van der Waals surface area (Å²) in [5, 5.41) is 2.79. The predicted octanol–water partition coefficient (Wildman–Crippen LogP) is 0.784. The third-order valence-corrected chi connectivity index (χ3v) is 3.49. The van der Waals surface area contributed by atoms with Crippen molar-refractivity contribution in [1.29, 1.82) is 0 Å². The summed E-state index contributed by atoms with van der Waals surface area (Å²) in [5.74, 6) is 0.0861. The van der Waals surface area contributed by atoms with Crippen molar-refractivity contribution >= 4 is 11.8 Å². The zero-order valence-electron chi connectivity index (χ0n) is 11.7. The second-order valence-corrected chi connectivity index (χ2v) is 4.91. The number of carbonyl (C=O) groups is 2. The minimum Gasteiger partial charge on any atom is -0.380 e. The molecule has 0 aromatic heterocycles. The molecule has 3 unspecified atom stereocenters. The van der Waals surface area contributed by atoms with Gasteiger partial charge in [-0.25, -0.2) is 0 Å². The fourth-order valence-corrected chi connectivity index (χ4v) is 2.06. The summed E-state index contributed by atoms with van der Waals surface area (Å²) in [7, 11) is 0. The van der Waals surface area contributed by atoms with Gasteiger partial charge in [0, 0.05) is 6.61 Å². The van der Waals surface area contributed by atoms with Gasteiger partial charge in [0.1, 0.15) is 6.04 Å². The van der Waals surface area contributed by atoms with E-state index < -0.39 is 0 Å². The zero-order chi connectivity index (χ0) is 13.7. The molecular formula is C13H24N2O3. The summed E-state index contributed by atoms with van der Waals surface area (Å²) >= 11 is 0. The number of ether oxygens (including phenoxy) is 1. The summed E-state index contributed by atoms with van der Waals surface area (Å²) in [4.78, 5) is 25.6. The summed E-state index contributed by atoms with van der Waals surface area (Å²) in [5.41, 5.74) is 0. The van der Waals surface area contributed by atoms with Gasteiger partial charge in [0.05, 0.1) is 19.2 Å². The number of amides is 2. The highest BCUT2D eigenvalue weighted by molar-refractivity contribution is 5.95. The van der Waals surface area contributed by atoms with E-state index in [1.54, 1.807) is 4.90 Å². The van der Waals surface area contributed by atoms with E-state index in [1.807, 2.05) is 27.7 Å². The van der Waals surface area contributed by atoms with Crippen molar-refractivity contribution in [2.45, 2.75) is 46.2 Å². The SMILES string of the molecule is CCOCC(C)N1CC(=O)NC(C(C)CC)C1=O. The monoisotopic (exact) mass is 256 g/mol. The molecule has 104 valence electrons. The molecule has 1 aliphatic heterocycles. The van der Waals surface area contributed by atoms with E-state index in [-0.39, 0.29) is 36.4 Å². The van der Waals surface area contributed by atoms with Crippen LogP contribution in [0.4, 0.5) is 0 Å². The number of nitrogens with one attached hydrogen (secondary N) is 1. The second kappa shape index (κ2) is 6.73. The van der Waals surface area contributed by atoms with Crippen molar-refractivity contribution in [1.82, 2.24) is 10.2 Å². The Morgan fingerprint density at radius 1 is 1.39 bits per heavy atom. The van der Waals surface area contributed by atoms with Crippen molar-refractivity contribution in [2.75, 3.05) is 19.8 Å². The summed E-state index contributed by atoms with van der Waals surface area (Å²) in [6.45, 7) is 9.07. The minimum atomic E-state index is -0.389. The van der Waals surface area contributed by atoms with Gasteiger partial charge in [-0.2, -0.15) is 0 Å². The topological polar surface area (TPSA) is 58.6 Å². The Morgan fingerprint density at radius 3 is 2.61 bits per heavy atom. The van der Waals surface area contributed by atoms with Crippen LogP contribution < -0.4 is 5.32 Å². The van der Waals surface area contributed by atoms with Crippen LogP contribution in [0.2, 0.25) is 0 Å². The Hall–Kier alpha value is -1.10. The lowest BCUT2D eigenvalue weighted by molar-refractivity contribution is -0.149. The number of piperazine rings is 1. The fourth-order valence-electron chi connectivity index (χ4n) is 2.06. The summed E-state index contributed by atoms with van der Waals surface area (Å²) < 4.78 is 5.33. The van der Waals surface area contributed by atoms with E-state index in [0.29, 0.717) is 13.2 Å². The number of carbonyl (C=O) groups excluding carboxylic acids is 2. The van der Waals surface area contributed by atoms with Crippen LogP contribution in [0.1, 0.15) is 34.1 Å². The second-order valence-electron chi connectivity index (χ2n) is 4.91. The number of nitrogens with zero attached hydrogens (tertiary/aromatic N) is 1. The average Bonchev–Trinajstić information content (AvgIpc) is 2.37. The molecule has 0 aromatic carbocycles. The van der Waals surface area contributed by atoms with Gasteiger partial charge < -0.3 is 15.0 Å². The molecule has 1 N–H and O–H groups in total. The largest absolute Gasteiger partial charge is 0.380 e. The first-order valence-electron chi connectivity index (χ1n) is 6.68. The van der Waals surface area contributed by atoms with Crippen LogP contribution in [-0.2, 0) is 14.3 Å². The molecule has 5 nitrogen and oxygen atoms in total. The highest BCUT2D eigenvalue weighted by Gasteiger charge is 2.37. The average molecular weight is 256 g/mol. The Balaban J connectivity index is 2.72. The predicted molar refractivity (Wildman–Crippen MR) is 69.1 cm³/mol. The maximum atomic E-state index is 12.3. The van der Waals surface area contributed by atoms with E-state index in [1.165, 1.54) is 0 Å². The van der Waals surface area contributed by atoms with E-state index in [0.717, 1.165) is 6.42 Å². The number of hydrogen-bond donors (Lipinski definition) is 1. The quantitative estimate of drug-likeness (QED) is 0.764. The van der Waals surface area contributed by atoms with Gasteiger partial charge in [-0.15, -0.1) is 0 Å². The maximum Gasteiger partial charge on any atom is 0.246 e. The van der Waals surface area contributed by atoms with Crippen LogP contribution >= 0.6 is 0 Å². The van der Waals surface area contributed by atoms with Gasteiger partial charge in [0.25, 0.3) is 0 Å². The normalized spacial score (nSPS) is 23.8. The van der Waals surface area contributed by atoms with E-state index >= 15 is 0 Å². The van der Waals surface area contributed by atoms with Gasteiger partial charge in [0.2, 0.25) is 11.8 Å². The molecule has 1 fully saturated rings. The van der Waals surface area contributed by atoms with Crippen molar-refractivity contribution < 1.29 is 14.3 Å². The molecule has 1 aliphatic rings. The standard InChI is InChI=1S/C13H24N2O3/c1-5-9(3)12-13(17)15(7-11(16)14-12)10(4)8-18-6-2/h9-10,12H,5-8H2,1-4H3,(H,14,16). The van der Waals surface area contributed by atoms with Crippen LogP contribution in [-0.4, -0.2) is 48.6 Å². The molecular weight excluding hydrogens is 232 g/mol. The molecule has 0 bridgehead atoms. The van der Waals surface area contributed by atoms with E-state index in [4.69, 9.17) is 4.74 Å². The van der Waals surface area contributed by atoms with Gasteiger partial charge in [0.15, 0.2) is 0 Å². The molecule has 5 heteroatoms. The van der Waals surface area contributed by atoms with Gasteiger partial charge in [-0.05, 0) is 19.8 Å². The smallest absolute Gasteiger partial charge is 0.246 e. The molecule has 3 atom stereocenters. The van der Waals surface area contributed by atoms with Crippen molar-refractivity contribution in [3.05, 3.63) is 0 Å². The molecule has 1 heterocycles. The molecule has 0 aromatic rings. The summed E-state index contributed by atoms with van der Waals surface area (Å²) in [6, 6.07) is -0.449. The van der Waals surface area contributed by atoms with Crippen LogP contribution in [0.5, 0.6) is 0 Å². The number of rotatable bonds is 6. The lowest BCUT2D eigenvalue weighted by Crippen LogP contribution is -2.62. The zero-order valence-corrected chi connectivity index (χ0v) is 11.7. The molecule has 1 saturated heterocycles. The first kappa shape index (κ1) is 15.0. The van der Waals surface area contributed by atoms with Gasteiger partial charge >= 0.3 is 0 Å². The highest BCUT2D eigenvalue weighted by atomic mass is 16.5. The van der Waals surface area contributed by atoms with Crippen LogP contribution in [0, 0.1) is 5.92 Å². The number of hydrogen-bond acceptors (Lipinski definition) is 3. The first-order chi connectivity index (χ1) is 8.51. The first-order valence-corrected chi connectivity index (χ1v) is 6.68. The van der Waals surface area contributed by atoms with Crippen molar-refractivity contribution in [3.8, 4) is 0 Å². The van der Waals surface area contributed by atoms with E-state index in [9.17, 15) is 9.59 Å². The molecule has 1 rings (SSSR count). The molecule has 0 spiro atoms. The Kier molecular flexibility index (Phi) is 5.59. The maximum absolute atomic E-state index is 12.3. The summed E-state index contributed by atoms with van der Waals surface area (Å²) in [6.07, 6.45) is 0.865. The lowest BCUT2D eigenvalue weighted by atomic mass is 9.95. The van der Waals surface area contributed by atoms with Crippen LogP contribution in [0.25, 0.3) is 0 Å². The van der Waals surface area contributed by atoms with Crippen LogP contribution in [0.15, 0.2) is 0 Å². The molecule has 0 saturated carbocycles. The lowest BCUT2D eigenvalue weighted by Gasteiger charge is -2.38. The van der Waals surface area contributed by atoms with Crippen molar-refractivity contribution in [2.24, 2.45) is 5.92 Å². The van der Waals surface area contributed by atoms with Crippen LogP contribution in [0.3, 0.4) is 0 Å². The molecule has 0 aliphatic carbocycles.